The number of carbonyl (C=O) groups is 3. The van der Waals surface area contributed by atoms with E-state index in [4.69, 9.17) is 14.2 Å². The van der Waals surface area contributed by atoms with Crippen LogP contribution in [-0.4, -0.2) is 55.5 Å². The molecule has 2 amide bonds. The van der Waals surface area contributed by atoms with Gasteiger partial charge in [-0.25, -0.2) is 0 Å². The molecule has 2 N–H and O–H groups in total. The minimum Gasteiger partial charge on any atom is -0.463 e. The fourth-order valence-electron chi connectivity index (χ4n) is 4.87. The molecular formula is C30H56N2O6. The molecule has 0 radical (unpaired) electrons. The third-order valence-corrected chi connectivity index (χ3v) is 7.74. The molecule has 0 spiro atoms. The second-order valence-corrected chi connectivity index (χ2v) is 12.1. The predicted molar refractivity (Wildman–Crippen MR) is 151 cm³/mol. The number of amides is 2. The lowest BCUT2D eigenvalue weighted by atomic mass is 9.76. The maximum atomic E-state index is 13.2. The number of carbonyl (C=O) groups excluding carboxylic acids is 3. The maximum Gasteiger partial charge on any atom is 0.307 e. The molecule has 1 fully saturated rings. The van der Waals surface area contributed by atoms with Gasteiger partial charge in [-0.1, -0.05) is 79.6 Å². The highest BCUT2D eigenvalue weighted by atomic mass is 16.7. The molecule has 0 bridgehead atoms. The summed E-state index contributed by atoms with van der Waals surface area (Å²) in [5.74, 6) is -1.47. The van der Waals surface area contributed by atoms with Crippen molar-refractivity contribution in [2.75, 3.05) is 19.8 Å². The number of nitrogens with one attached hydrogen (secondary N) is 2. The Balaban J connectivity index is 2.39. The summed E-state index contributed by atoms with van der Waals surface area (Å²) in [5.41, 5.74) is -0.852. The molecule has 2 unspecified atom stereocenters. The molecule has 2 atom stereocenters. The van der Waals surface area contributed by atoms with Crippen molar-refractivity contribution < 1.29 is 28.6 Å². The average molecular weight is 541 g/mol. The Bertz CT molecular complexity index is 732. The van der Waals surface area contributed by atoms with Gasteiger partial charge in [0.05, 0.1) is 19.1 Å². The first-order valence-electron chi connectivity index (χ1n) is 14.9. The molecule has 0 saturated carbocycles. The largest absolute Gasteiger partial charge is 0.463 e. The summed E-state index contributed by atoms with van der Waals surface area (Å²) in [6.07, 6.45) is 10.4. The second kappa shape index (κ2) is 16.4. The Morgan fingerprint density at radius 2 is 1.58 bits per heavy atom. The average Bonchev–Trinajstić information content (AvgIpc) is 2.86. The number of hydrogen-bond acceptors (Lipinski definition) is 6. The summed E-state index contributed by atoms with van der Waals surface area (Å²) in [4.78, 5) is 38.1. The summed E-state index contributed by atoms with van der Waals surface area (Å²) in [7, 11) is 0. The van der Waals surface area contributed by atoms with Gasteiger partial charge in [0, 0.05) is 17.4 Å². The van der Waals surface area contributed by atoms with E-state index in [0.29, 0.717) is 6.61 Å². The van der Waals surface area contributed by atoms with Crippen LogP contribution in [0.2, 0.25) is 0 Å². The van der Waals surface area contributed by atoms with Crippen LogP contribution in [0, 0.1) is 10.8 Å². The van der Waals surface area contributed by atoms with Crippen LogP contribution in [0.15, 0.2) is 0 Å². The van der Waals surface area contributed by atoms with Crippen molar-refractivity contribution in [3.63, 3.8) is 0 Å². The smallest absolute Gasteiger partial charge is 0.307 e. The lowest BCUT2D eigenvalue weighted by molar-refractivity contribution is -0.304. The third kappa shape index (κ3) is 11.6. The SMILES string of the molecule is CCCCCCCCCC(CC)(CC)C(=O)NC(C)COC(=O)CCNC(=O)C1OC(C)(C)OCC1(C)C. The maximum absolute atomic E-state index is 13.2. The van der Waals surface area contributed by atoms with Crippen LogP contribution in [0.1, 0.15) is 126 Å². The van der Waals surface area contributed by atoms with E-state index >= 15 is 0 Å². The van der Waals surface area contributed by atoms with E-state index in [1.54, 1.807) is 13.8 Å². The van der Waals surface area contributed by atoms with E-state index in [-0.39, 0.29) is 42.8 Å². The molecule has 1 aliphatic rings. The molecule has 1 rings (SSSR count). The predicted octanol–water partition coefficient (Wildman–Crippen LogP) is 5.67. The Kier molecular flexibility index (Phi) is 14.9. The number of esters is 1. The minimum atomic E-state index is -0.835. The highest BCUT2D eigenvalue weighted by molar-refractivity contribution is 5.83. The van der Waals surface area contributed by atoms with Gasteiger partial charge in [-0.3, -0.25) is 14.4 Å². The van der Waals surface area contributed by atoms with Gasteiger partial charge in [0.15, 0.2) is 5.79 Å². The molecular weight excluding hydrogens is 484 g/mol. The van der Waals surface area contributed by atoms with Gasteiger partial charge in [-0.15, -0.1) is 0 Å². The van der Waals surface area contributed by atoms with Gasteiger partial charge in [0.2, 0.25) is 11.8 Å². The van der Waals surface area contributed by atoms with Crippen molar-refractivity contribution in [1.82, 2.24) is 10.6 Å². The molecule has 0 aromatic rings. The standard InChI is InChI=1S/C30H56N2O6/c1-9-12-13-14-15-16-17-19-30(10-2,11-3)27(35)32-23(4)21-36-24(33)18-20-31-26(34)25-28(5,6)22-37-29(7,8)38-25/h23,25H,9-22H2,1-8H3,(H,31,34)(H,32,35). The molecule has 38 heavy (non-hydrogen) atoms. The lowest BCUT2D eigenvalue weighted by Gasteiger charge is -2.44. The van der Waals surface area contributed by atoms with Crippen molar-refractivity contribution in [1.29, 1.82) is 0 Å². The summed E-state index contributed by atoms with van der Waals surface area (Å²) >= 11 is 0. The van der Waals surface area contributed by atoms with Gasteiger partial charge in [-0.2, -0.15) is 0 Å². The molecule has 0 aromatic carbocycles. The molecule has 8 heteroatoms. The van der Waals surface area contributed by atoms with Crippen LogP contribution in [0.25, 0.3) is 0 Å². The van der Waals surface area contributed by atoms with E-state index in [1.165, 1.54) is 38.5 Å². The zero-order valence-corrected chi connectivity index (χ0v) is 25.5. The zero-order valence-electron chi connectivity index (χ0n) is 25.5. The molecule has 8 nitrogen and oxygen atoms in total. The van der Waals surface area contributed by atoms with Crippen molar-refractivity contribution >= 4 is 17.8 Å². The van der Waals surface area contributed by atoms with E-state index in [2.05, 4.69) is 31.4 Å². The second-order valence-electron chi connectivity index (χ2n) is 12.1. The monoisotopic (exact) mass is 540 g/mol. The van der Waals surface area contributed by atoms with Crippen LogP contribution in [-0.2, 0) is 28.6 Å². The first-order chi connectivity index (χ1) is 17.8. The minimum absolute atomic E-state index is 0.0472. The van der Waals surface area contributed by atoms with Gasteiger partial charge < -0.3 is 24.8 Å². The summed E-state index contributed by atoms with van der Waals surface area (Å²) in [5, 5.41) is 5.85. The number of hydrogen-bond donors (Lipinski definition) is 2. The topological polar surface area (TPSA) is 103 Å². The van der Waals surface area contributed by atoms with Crippen molar-refractivity contribution in [3.8, 4) is 0 Å². The van der Waals surface area contributed by atoms with Gasteiger partial charge in [0.25, 0.3) is 0 Å². The molecule has 1 aliphatic heterocycles. The normalized spacial score (nSPS) is 19.4. The molecule has 0 aliphatic carbocycles. The number of rotatable bonds is 18. The summed E-state index contributed by atoms with van der Waals surface area (Å²) < 4.78 is 16.9. The van der Waals surface area contributed by atoms with Crippen LogP contribution in [0.5, 0.6) is 0 Å². The van der Waals surface area contributed by atoms with E-state index in [1.807, 2.05) is 20.8 Å². The Labute approximate surface area is 231 Å². The number of ether oxygens (including phenoxy) is 3. The first kappa shape index (κ1) is 34.4. The molecule has 222 valence electrons. The molecule has 1 heterocycles. The Morgan fingerprint density at radius 1 is 0.974 bits per heavy atom. The quantitative estimate of drug-likeness (QED) is 0.172. The van der Waals surface area contributed by atoms with Gasteiger partial charge in [0.1, 0.15) is 12.7 Å². The van der Waals surface area contributed by atoms with Crippen LogP contribution < -0.4 is 10.6 Å². The fraction of sp³-hybridized carbons (Fsp3) is 0.900. The van der Waals surface area contributed by atoms with Gasteiger partial charge >= 0.3 is 5.97 Å². The van der Waals surface area contributed by atoms with Crippen LogP contribution >= 0.6 is 0 Å². The van der Waals surface area contributed by atoms with E-state index < -0.39 is 23.3 Å². The first-order valence-corrected chi connectivity index (χ1v) is 14.9. The van der Waals surface area contributed by atoms with Crippen molar-refractivity contribution in [2.24, 2.45) is 10.8 Å². The molecule has 1 saturated heterocycles. The van der Waals surface area contributed by atoms with E-state index in [0.717, 1.165) is 25.7 Å². The molecule has 0 aromatic heterocycles. The van der Waals surface area contributed by atoms with Crippen LogP contribution in [0.4, 0.5) is 0 Å². The van der Waals surface area contributed by atoms with Crippen molar-refractivity contribution in [3.05, 3.63) is 0 Å². The highest BCUT2D eigenvalue weighted by Gasteiger charge is 2.45. The summed E-state index contributed by atoms with van der Waals surface area (Å²) in [6, 6.07) is -0.286. The number of unbranched alkanes of at least 4 members (excludes halogenated alkanes) is 6. The van der Waals surface area contributed by atoms with Crippen LogP contribution in [0.3, 0.4) is 0 Å². The third-order valence-electron chi connectivity index (χ3n) is 7.74. The Morgan fingerprint density at radius 3 is 2.18 bits per heavy atom. The Hall–Kier alpha value is -1.67. The zero-order chi connectivity index (χ0) is 28.8. The highest BCUT2D eigenvalue weighted by Crippen LogP contribution is 2.35. The fourth-order valence-corrected chi connectivity index (χ4v) is 4.87. The summed E-state index contributed by atoms with van der Waals surface area (Å²) in [6.45, 7) is 16.3. The van der Waals surface area contributed by atoms with E-state index in [9.17, 15) is 14.4 Å². The van der Waals surface area contributed by atoms with Gasteiger partial charge in [-0.05, 0) is 40.0 Å². The lowest BCUT2D eigenvalue weighted by Crippen LogP contribution is -2.56. The van der Waals surface area contributed by atoms with Crippen molar-refractivity contribution in [2.45, 2.75) is 144 Å².